The van der Waals surface area contributed by atoms with Gasteiger partial charge >= 0.3 is 0 Å². The van der Waals surface area contributed by atoms with Gasteiger partial charge in [-0.25, -0.2) is 21.9 Å². The van der Waals surface area contributed by atoms with Crippen LogP contribution in [-0.4, -0.2) is 33.5 Å². The molecule has 0 spiro atoms. The molecule has 0 saturated carbocycles. The second kappa shape index (κ2) is 7.35. The van der Waals surface area contributed by atoms with Crippen LogP contribution in [0.25, 0.3) is 0 Å². The number of benzene rings is 1. The predicted molar refractivity (Wildman–Crippen MR) is 77.3 cm³/mol. The lowest BCUT2D eigenvalue weighted by Crippen LogP contribution is -2.30. The van der Waals surface area contributed by atoms with E-state index in [4.69, 9.17) is 0 Å². The molecule has 1 unspecified atom stereocenters. The van der Waals surface area contributed by atoms with Crippen molar-refractivity contribution in [2.45, 2.75) is 23.6 Å². The first-order valence-electron chi connectivity index (χ1n) is 5.97. The molecule has 0 aromatic heterocycles. The van der Waals surface area contributed by atoms with Gasteiger partial charge in [-0.3, -0.25) is 0 Å². The van der Waals surface area contributed by atoms with Gasteiger partial charge in [-0.1, -0.05) is 6.92 Å². The van der Waals surface area contributed by atoms with Crippen molar-refractivity contribution in [3.8, 4) is 0 Å². The molecular weight excluding hydrogens is 306 g/mol. The van der Waals surface area contributed by atoms with Gasteiger partial charge in [0.25, 0.3) is 0 Å². The van der Waals surface area contributed by atoms with Crippen LogP contribution in [0.4, 0.5) is 8.78 Å². The van der Waals surface area contributed by atoms with E-state index in [0.717, 1.165) is 12.1 Å². The molecule has 0 fully saturated rings. The first kappa shape index (κ1) is 17.4. The molecular formula is C12H18F2N2O2S2. The van der Waals surface area contributed by atoms with E-state index in [9.17, 15) is 17.2 Å². The second-order valence-corrected chi connectivity index (χ2v) is 7.28. The number of thioether (sulfide) groups is 1. The van der Waals surface area contributed by atoms with Gasteiger partial charge < -0.3 is 5.32 Å². The highest BCUT2D eigenvalue weighted by atomic mass is 32.2. The summed E-state index contributed by atoms with van der Waals surface area (Å²) in [5, 5.41) is 2.67. The molecule has 1 aromatic carbocycles. The monoisotopic (exact) mass is 324 g/mol. The molecule has 114 valence electrons. The molecule has 0 aliphatic carbocycles. The Morgan fingerprint density at radius 3 is 2.55 bits per heavy atom. The summed E-state index contributed by atoms with van der Waals surface area (Å²) < 4.78 is 54.0. The van der Waals surface area contributed by atoms with Gasteiger partial charge in [0.05, 0.1) is 0 Å². The largest absolute Gasteiger partial charge is 0.315 e. The van der Waals surface area contributed by atoms with Gasteiger partial charge in [0.2, 0.25) is 10.0 Å². The summed E-state index contributed by atoms with van der Waals surface area (Å²) in [5.41, 5.74) is -0.284. The quantitative estimate of drug-likeness (QED) is 0.802. The fourth-order valence-electron chi connectivity index (χ4n) is 1.51. The summed E-state index contributed by atoms with van der Waals surface area (Å²) in [6.45, 7) is 1.95. The van der Waals surface area contributed by atoms with E-state index in [0.29, 0.717) is 0 Å². The Hall–Kier alpha value is -0.700. The van der Waals surface area contributed by atoms with Crippen molar-refractivity contribution in [3.05, 3.63) is 29.3 Å². The van der Waals surface area contributed by atoms with Crippen LogP contribution in [-0.2, 0) is 16.6 Å². The zero-order valence-corrected chi connectivity index (χ0v) is 13.2. The van der Waals surface area contributed by atoms with E-state index < -0.39 is 26.6 Å². The van der Waals surface area contributed by atoms with Crippen LogP contribution in [0, 0.1) is 11.6 Å². The number of sulfonamides is 1. The lowest BCUT2D eigenvalue weighted by molar-refractivity contribution is 0.518. The average molecular weight is 324 g/mol. The highest BCUT2D eigenvalue weighted by Gasteiger charge is 2.23. The molecule has 8 heteroatoms. The van der Waals surface area contributed by atoms with Crippen LogP contribution in [0.15, 0.2) is 17.0 Å². The van der Waals surface area contributed by atoms with Crippen LogP contribution >= 0.6 is 11.8 Å². The topological polar surface area (TPSA) is 58.2 Å². The van der Waals surface area contributed by atoms with E-state index in [1.54, 1.807) is 0 Å². The normalized spacial score (nSPS) is 13.4. The summed E-state index contributed by atoms with van der Waals surface area (Å²) in [4.78, 5) is -0.530. The van der Waals surface area contributed by atoms with E-state index in [1.807, 2.05) is 13.2 Å². The molecule has 2 N–H and O–H groups in total. The van der Waals surface area contributed by atoms with Gasteiger partial charge in [-0.05, 0) is 25.4 Å². The fraction of sp³-hybridized carbons (Fsp3) is 0.500. The van der Waals surface area contributed by atoms with E-state index in [1.165, 1.54) is 18.8 Å². The summed E-state index contributed by atoms with van der Waals surface area (Å²) in [5.74, 6) is -1.82. The Kier molecular flexibility index (Phi) is 6.38. The molecule has 4 nitrogen and oxygen atoms in total. The maximum absolute atomic E-state index is 14.1. The molecule has 1 atom stereocenters. The average Bonchev–Trinajstić information content (AvgIpc) is 2.40. The van der Waals surface area contributed by atoms with Gasteiger partial charge in [-0.15, -0.1) is 0 Å². The predicted octanol–water partition coefficient (Wildman–Crippen LogP) is 1.71. The lowest BCUT2D eigenvalue weighted by Gasteiger charge is -2.13. The Morgan fingerprint density at radius 2 is 2.00 bits per heavy atom. The van der Waals surface area contributed by atoms with Gasteiger partial charge in [-0.2, -0.15) is 11.8 Å². The molecule has 20 heavy (non-hydrogen) atoms. The van der Waals surface area contributed by atoms with E-state index >= 15 is 0 Å². The van der Waals surface area contributed by atoms with Gasteiger partial charge in [0, 0.05) is 23.9 Å². The highest BCUT2D eigenvalue weighted by Crippen LogP contribution is 2.21. The van der Waals surface area contributed by atoms with Crippen molar-refractivity contribution in [2.75, 3.05) is 19.8 Å². The lowest BCUT2D eigenvalue weighted by atomic mass is 10.2. The third-order valence-corrected chi connectivity index (χ3v) is 5.17. The van der Waals surface area contributed by atoms with Crippen molar-refractivity contribution in [1.29, 1.82) is 0 Å². The molecule has 0 aliphatic rings. The number of rotatable bonds is 7. The number of halogens is 2. The molecule has 0 bridgehead atoms. The standard InChI is InChI=1S/C12H18F2N2O2S2/c1-8(19-3)6-16-20(17,18)11-5-4-10(13)9(7-15-2)12(11)14/h4-5,8,15-16H,6-7H2,1-3H3. The molecule has 0 radical (unpaired) electrons. The summed E-state index contributed by atoms with van der Waals surface area (Å²) in [6.07, 6.45) is 1.85. The van der Waals surface area contributed by atoms with Crippen molar-refractivity contribution in [1.82, 2.24) is 10.0 Å². The first-order chi connectivity index (χ1) is 9.33. The Morgan fingerprint density at radius 1 is 1.35 bits per heavy atom. The van der Waals surface area contributed by atoms with E-state index in [2.05, 4.69) is 10.0 Å². The Bertz CT molecular complexity index is 565. The minimum absolute atomic E-state index is 0.0602. The molecule has 1 aromatic rings. The minimum Gasteiger partial charge on any atom is -0.315 e. The zero-order chi connectivity index (χ0) is 15.3. The summed E-state index contributed by atoms with van der Waals surface area (Å²) >= 11 is 1.49. The smallest absolute Gasteiger partial charge is 0.243 e. The van der Waals surface area contributed by atoms with Gasteiger partial charge in [0.1, 0.15) is 10.7 Å². The van der Waals surface area contributed by atoms with Crippen molar-refractivity contribution >= 4 is 21.8 Å². The first-order valence-corrected chi connectivity index (χ1v) is 8.74. The van der Waals surface area contributed by atoms with Crippen molar-refractivity contribution < 1.29 is 17.2 Å². The Labute approximate surface area is 122 Å². The van der Waals surface area contributed by atoms with Crippen LogP contribution in [0.3, 0.4) is 0 Å². The molecule has 0 saturated heterocycles. The SMILES string of the molecule is CNCc1c(F)ccc(S(=O)(=O)NCC(C)SC)c1F. The molecule has 0 amide bonds. The minimum atomic E-state index is -3.99. The molecule has 1 rings (SSSR count). The van der Waals surface area contributed by atoms with Crippen molar-refractivity contribution in [2.24, 2.45) is 0 Å². The van der Waals surface area contributed by atoms with Crippen LogP contribution < -0.4 is 10.0 Å². The molecule has 0 heterocycles. The van der Waals surface area contributed by atoms with Crippen LogP contribution in [0.5, 0.6) is 0 Å². The van der Waals surface area contributed by atoms with Crippen LogP contribution in [0.1, 0.15) is 12.5 Å². The summed E-state index contributed by atoms with van der Waals surface area (Å²) in [6, 6.07) is 1.90. The maximum atomic E-state index is 14.1. The summed E-state index contributed by atoms with van der Waals surface area (Å²) in [7, 11) is -2.46. The molecule has 0 aliphatic heterocycles. The third kappa shape index (κ3) is 4.15. The van der Waals surface area contributed by atoms with Crippen molar-refractivity contribution in [3.63, 3.8) is 0 Å². The maximum Gasteiger partial charge on any atom is 0.243 e. The number of nitrogens with one attached hydrogen (secondary N) is 2. The second-order valence-electron chi connectivity index (χ2n) is 4.27. The Balaban J connectivity index is 3.09. The zero-order valence-electron chi connectivity index (χ0n) is 11.5. The number of hydrogen-bond donors (Lipinski definition) is 2. The number of hydrogen-bond acceptors (Lipinski definition) is 4. The van der Waals surface area contributed by atoms with Crippen LogP contribution in [0.2, 0.25) is 0 Å². The third-order valence-electron chi connectivity index (χ3n) is 2.76. The highest BCUT2D eigenvalue weighted by molar-refractivity contribution is 7.99. The van der Waals surface area contributed by atoms with Gasteiger partial charge in [0.15, 0.2) is 5.82 Å². The fourth-order valence-corrected chi connectivity index (χ4v) is 3.10. The van der Waals surface area contributed by atoms with E-state index in [-0.39, 0.29) is 23.9 Å².